The predicted molar refractivity (Wildman–Crippen MR) is 174 cm³/mol. The molecule has 1 aromatic rings. The van der Waals surface area contributed by atoms with Crippen molar-refractivity contribution in [3.05, 3.63) is 52.3 Å². The van der Waals surface area contributed by atoms with Crippen LogP contribution in [0.1, 0.15) is 106 Å². The number of nitriles is 3. The number of ether oxygens (including phenoxy) is 1. The Morgan fingerprint density at radius 2 is 1.53 bits per heavy atom. The monoisotopic (exact) mass is 583 g/mol. The molecule has 1 amide bonds. The minimum Gasteiger partial charge on any atom is -0.487 e. The van der Waals surface area contributed by atoms with Gasteiger partial charge in [-0.3, -0.25) is 4.79 Å². The molecule has 1 heterocycles. The zero-order valence-electron chi connectivity index (χ0n) is 27.5. The van der Waals surface area contributed by atoms with Crippen molar-refractivity contribution >= 4 is 17.7 Å². The van der Waals surface area contributed by atoms with E-state index in [2.05, 4.69) is 71.6 Å². The fourth-order valence-electron chi connectivity index (χ4n) is 5.60. The van der Waals surface area contributed by atoms with E-state index in [1.54, 1.807) is 12.2 Å². The summed E-state index contributed by atoms with van der Waals surface area (Å²) in [5, 5.41) is 29.2. The largest absolute Gasteiger partial charge is 0.487 e. The summed E-state index contributed by atoms with van der Waals surface area (Å²) in [6.45, 7) is 19.4. The molecule has 0 fully saturated rings. The van der Waals surface area contributed by atoms with Crippen LogP contribution in [-0.4, -0.2) is 36.0 Å². The van der Waals surface area contributed by atoms with E-state index in [4.69, 9.17) is 4.74 Å². The van der Waals surface area contributed by atoms with Crippen LogP contribution in [0.3, 0.4) is 0 Å². The molecule has 0 radical (unpaired) electrons. The van der Waals surface area contributed by atoms with Gasteiger partial charge in [-0.05, 0) is 63.2 Å². The second-order valence-corrected chi connectivity index (χ2v) is 13.0. The topological polar surface area (TPSA) is 104 Å². The number of unbranched alkanes of at least 4 members (excludes halogenated alkanes) is 3. The second kappa shape index (κ2) is 16.0. The van der Waals surface area contributed by atoms with E-state index in [1.165, 1.54) is 4.90 Å². The molecule has 0 saturated carbocycles. The van der Waals surface area contributed by atoms with E-state index in [0.29, 0.717) is 18.7 Å². The maximum atomic E-state index is 13.5. The first-order chi connectivity index (χ1) is 20.4. The van der Waals surface area contributed by atoms with E-state index < -0.39 is 5.60 Å². The number of carbonyl (C=O) groups is 1. The minimum absolute atomic E-state index is 0.0490. The molecular weight excluding hydrogens is 534 g/mol. The molecule has 0 atom stereocenters. The molecule has 0 bridgehead atoms. The van der Waals surface area contributed by atoms with E-state index in [9.17, 15) is 20.6 Å². The summed E-state index contributed by atoms with van der Waals surface area (Å²) in [5.41, 5.74) is 1.57. The molecule has 0 unspecified atom stereocenters. The Hall–Kier alpha value is -4.02. The molecule has 0 spiro atoms. The first-order valence-electron chi connectivity index (χ1n) is 15.6. The third-order valence-electron chi connectivity index (χ3n) is 7.26. The number of carbonyl (C=O) groups excluding carboxylic acids is 1. The highest BCUT2D eigenvalue weighted by Gasteiger charge is 2.36. The third kappa shape index (κ3) is 9.76. The summed E-state index contributed by atoms with van der Waals surface area (Å²) >= 11 is 0. The summed E-state index contributed by atoms with van der Waals surface area (Å²) in [6.07, 6.45) is 10.2. The summed E-state index contributed by atoms with van der Waals surface area (Å²) < 4.78 is 6.72. The normalized spacial score (nSPS) is 13.7. The summed E-state index contributed by atoms with van der Waals surface area (Å²) in [4.78, 5) is 17.3. The molecule has 1 aliphatic rings. The van der Waals surface area contributed by atoms with Crippen LogP contribution in [0.15, 0.2) is 46.7 Å². The Morgan fingerprint density at radius 3 is 2.05 bits per heavy atom. The molecule has 230 valence electrons. The molecule has 7 nitrogen and oxygen atoms in total. The summed E-state index contributed by atoms with van der Waals surface area (Å²) in [5.74, 6) is 0.329. The molecule has 2 rings (SSSR count). The van der Waals surface area contributed by atoms with Gasteiger partial charge in [0.25, 0.3) is 5.91 Å². The van der Waals surface area contributed by atoms with Gasteiger partial charge in [0.15, 0.2) is 5.57 Å². The Balaban J connectivity index is 2.67. The maximum Gasteiger partial charge on any atom is 0.259 e. The fourth-order valence-corrected chi connectivity index (χ4v) is 5.60. The number of amides is 1. The summed E-state index contributed by atoms with van der Waals surface area (Å²) in [6, 6.07) is 12.0. The van der Waals surface area contributed by atoms with Crippen LogP contribution in [0.2, 0.25) is 0 Å². The zero-order valence-corrected chi connectivity index (χ0v) is 27.5. The quantitative estimate of drug-likeness (QED) is 0.192. The molecule has 7 heteroatoms. The van der Waals surface area contributed by atoms with Gasteiger partial charge in [0.05, 0.1) is 16.8 Å². The SMILES string of the molecule is CCCCN1C(=O)C(/C=C/c2ccc(N(CCCC)CCCC)cc2OC(C)(C)CC(C)(C)C)=C(C#N)C1=C(C#N)C#N. The second-order valence-electron chi connectivity index (χ2n) is 13.0. The third-order valence-corrected chi connectivity index (χ3v) is 7.26. The fraction of sp³-hybridized carbons (Fsp3) is 0.556. The first-order valence-corrected chi connectivity index (χ1v) is 15.6. The van der Waals surface area contributed by atoms with Gasteiger partial charge < -0.3 is 14.5 Å². The molecular formula is C36H49N5O2. The van der Waals surface area contributed by atoms with Gasteiger partial charge in [-0.1, -0.05) is 66.9 Å². The highest BCUT2D eigenvalue weighted by atomic mass is 16.5. The number of hydrogen-bond donors (Lipinski definition) is 0. The van der Waals surface area contributed by atoms with Crippen molar-refractivity contribution in [2.24, 2.45) is 5.41 Å². The molecule has 1 aromatic carbocycles. The molecule has 0 N–H and O–H groups in total. The van der Waals surface area contributed by atoms with Crippen molar-refractivity contribution in [3.63, 3.8) is 0 Å². The van der Waals surface area contributed by atoms with E-state index >= 15 is 0 Å². The van der Waals surface area contributed by atoms with Gasteiger partial charge in [0.2, 0.25) is 0 Å². The van der Waals surface area contributed by atoms with E-state index in [1.807, 2.05) is 25.1 Å². The standard InChI is InChI=1S/C36H49N5O2/c1-9-12-19-40(20-13-10-2)29-17-15-27(32(22-29)43-36(7,8)26-35(4,5)6)16-18-30-31(25-39)33(28(23-37)24-38)41(34(30)42)21-14-11-3/h15-18,22H,9-14,19-21,26H2,1-8H3/b18-16+. The molecule has 1 aliphatic heterocycles. The Labute approximate surface area is 259 Å². The lowest BCUT2D eigenvalue weighted by molar-refractivity contribution is -0.124. The van der Waals surface area contributed by atoms with Crippen LogP contribution in [-0.2, 0) is 4.79 Å². The Kier molecular flexibility index (Phi) is 13.1. The van der Waals surface area contributed by atoms with Crippen LogP contribution in [0, 0.1) is 39.4 Å². The summed E-state index contributed by atoms with van der Waals surface area (Å²) in [7, 11) is 0. The van der Waals surface area contributed by atoms with Crippen molar-refractivity contribution in [1.82, 2.24) is 4.90 Å². The van der Waals surface area contributed by atoms with Crippen LogP contribution >= 0.6 is 0 Å². The molecule has 43 heavy (non-hydrogen) atoms. The number of allylic oxidation sites excluding steroid dienone is 2. The van der Waals surface area contributed by atoms with Gasteiger partial charge in [-0.15, -0.1) is 0 Å². The number of benzene rings is 1. The van der Waals surface area contributed by atoms with Gasteiger partial charge in [-0.25, -0.2) is 0 Å². The van der Waals surface area contributed by atoms with Crippen molar-refractivity contribution in [2.45, 2.75) is 106 Å². The number of rotatable bonds is 15. The zero-order chi connectivity index (χ0) is 32.2. The van der Waals surface area contributed by atoms with Gasteiger partial charge in [0, 0.05) is 37.0 Å². The average Bonchev–Trinajstić information content (AvgIpc) is 3.20. The van der Waals surface area contributed by atoms with E-state index in [-0.39, 0.29) is 33.7 Å². The van der Waals surface area contributed by atoms with Gasteiger partial charge in [-0.2, -0.15) is 15.8 Å². The van der Waals surface area contributed by atoms with Crippen LogP contribution < -0.4 is 9.64 Å². The first kappa shape index (κ1) is 35.2. The molecule has 0 aromatic heterocycles. The lowest BCUT2D eigenvalue weighted by atomic mass is 9.83. The van der Waals surface area contributed by atoms with Crippen LogP contribution in [0.4, 0.5) is 5.69 Å². The van der Waals surface area contributed by atoms with Gasteiger partial charge >= 0.3 is 0 Å². The lowest BCUT2D eigenvalue weighted by Gasteiger charge is -2.34. The van der Waals surface area contributed by atoms with Crippen molar-refractivity contribution in [2.75, 3.05) is 24.5 Å². The average molecular weight is 584 g/mol. The number of hydrogen-bond acceptors (Lipinski definition) is 6. The molecule has 0 aliphatic carbocycles. The highest BCUT2D eigenvalue weighted by Crippen LogP contribution is 2.37. The van der Waals surface area contributed by atoms with Crippen molar-refractivity contribution in [1.29, 1.82) is 15.8 Å². The van der Waals surface area contributed by atoms with Crippen LogP contribution in [0.25, 0.3) is 6.08 Å². The maximum absolute atomic E-state index is 13.5. The predicted octanol–water partition coefficient (Wildman–Crippen LogP) is 8.46. The van der Waals surface area contributed by atoms with E-state index in [0.717, 1.165) is 62.9 Å². The van der Waals surface area contributed by atoms with Crippen molar-refractivity contribution < 1.29 is 9.53 Å². The highest BCUT2D eigenvalue weighted by molar-refractivity contribution is 6.05. The van der Waals surface area contributed by atoms with Crippen LogP contribution in [0.5, 0.6) is 5.75 Å². The number of anilines is 1. The smallest absolute Gasteiger partial charge is 0.259 e. The number of nitrogens with zero attached hydrogens (tertiary/aromatic N) is 5. The Bertz CT molecular complexity index is 1330. The Morgan fingerprint density at radius 1 is 0.930 bits per heavy atom. The minimum atomic E-state index is -0.460. The molecule has 0 saturated heterocycles. The lowest BCUT2D eigenvalue weighted by Crippen LogP contribution is -2.33. The van der Waals surface area contributed by atoms with Gasteiger partial charge in [0.1, 0.15) is 29.6 Å². The van der Waals surface area contributed by atoms with Crippen molar-refractivity contribution in [3.8, 4) is 24.0 Å².